The van der Waals surface area contributed by atoms with Gasteiger partial charge < -0.3 is 9.80 Å². The highest BCUT2D eigenvalue weighted by Gasteiger charge is 2.43. The molecule has 47 heavy (non-hydrogen) atoms. The molecule has 5 heteroatoms. The average molecular weight is 633 g/mol. The maximum atomic E-state index is 2.53. The van der Waals surface area contributed by atoms with Crippen LogP contribution in [0.1, 0.15) is 0 Å². The Hall–Kier alpha value is -5.36. The molecule has 218 valence electrons. The third kappa shape index (κ3) is 3.50. The van der Waals surface area contributed by atoms with E-state index in [0.717, 1.165) is 0 Å². The van der Waals surface area contributed by atoms with Gasteiger partial charge in [0, 0.05) is 64.1 Å². The standard InChI is InChI=1S/C42H25BN2S2/c1-8-22-39-27(11-1)29-13-9-20-37(42(29)47-39)45-34-17-6-4-15-32(34)43-31-14-3-5-16-33(31)44(35-18-10-19-36(45)41(35)43)26-23-24-40-30(25-26)28-12-2-7-21-38(28)46-40/h1-25H. The smallest absolute Gasteiger partial charge is 0.252 e. The summed E-state index contributed by atoms with van der Waals surface area (Å²) in [6.45, 7) is 0.133. The molecule has 11 rings (SSSR count). The number of benzene rings is 7. The summed E-state index contributed by atoms with van der Waals surface area (Å²) in [6.07, 6.45) is 0. The van der Waals surface area contributed by atoms with Crippen LogP contribution in [0.4, 0.5) is 34.1 Å². The van der Waals surface area contributed by atoms with Gasteiger partial charge in [0.2, 0.25) is 0 Å². The van der Waals surface area contributed by atoms with E-state index in [1.165, 1.54) is 90.9 Å². The van der Waals surface area contributed by atoms with Crippen molar-refractivity contribution in [2.45, 2.75) is 0 Å². The van der Waals surface area contributed by atoms with E-state index in [9.17, 15) is 0 Å². The lowest BCUT2D eigenvalue weighted by Gasteiger charge is -2.44. The predicted octanol–water partition coefficient (Wildman–Crippen LogP) is 10.5. The Morgan fingerprint density at radius 1 is 0.383 bits per heavy atom. The minimum absolute atomic E-state index is 0.133. The van der Waals surface area contributed by atoms with Crippen LogP contribution in [-0.2, 0) is 0 Å². The molecule has 2 aliphatic rings. The summed E-state index contributed by atoms with van der Waals surface area (Å²) >= 11 is 3.77. The Balaban J connectivity index is 1.20. The molecule has 2 nitrogen and oxygen atoms in total. The summed E-state index contributed by atoms with van der Waals surface area (Å²) < 4.78 is 5.30. The van der Waals surface area contributed by atoms with Gasteiger partial charge in [-0.05, 0) is 77.1 Å². The number of rotatable bonds is 2. The van der Waals surface area contributed by atoms with E-state index in [-0.39, 0.29) is 6.71 Å². The monoisotopic (exact) mass is 632 g/mol. The number of thiophene rings is 2. The first-order valence-electron chi connectivity index (χ1n) is 16.1. The molecule has 0 amide bonds. The second-order valence-corrected chi connectivity index (χ2v) is 14.6. The minimum atomic E-state index is 0.133. The molecule has 0 atom stereocenters. The first-order valence-corrected chi connectivity index (χ1v) is 17.7. The second-order valence-electron chi connectivity index (χ2n) is 12.5. The topological polar surface area (TPSA) is 6.48 Å². The highest BCUT2D eigenvalue weighted by atomic mass is 32.1. The lowest BCUT2D eigenvalue weighted by Crippen LogP contribution is -2.61. The van der Waals surface area contributed by atoms with Gasteiger partial charge in [0.25, 0.3) is 6.71 Å². The maximum Gasteiger partial charge on any atom is 0.252 e. The van der Waals surface area contributed by atoms with Crippen molar-refractivity contribution >= 4 is 120 Å². The number of hydrogen-bond donors (Lipinski definition) is 0. The summed E-state index contributed by atoms with van der Waals surface area (Å²) in [6, 6.07) is 56.4. The van der Waals surface area contributed by atoms with Crippen molar-refractivity contribution in [1.82, 2.24) is 0 Å². The molecule has 0 bridgehead atoms. The third-order valence-electron chi connectivity index (χ3n) is 10.1. The quantitative estimate of drug-likeness (QED) is 0.175. The fraction of sp³-hybridized carbons (Fsp3) is 0. The van der Waals surface area contributed by atoms with Crippen molar-refractivity contribution < 1.29 is 0 Å². The molecule has 2 aliphatic heterocycles. The molecule has 7 aromatic carbocycles. The van der Waals surface area contributed by atoms with Crippen LogP contribution >= 0.6 is 22.7 Å². The first-order chi connectivity index (χ1) is 23.3. The van der Waals surface area contributed by atoms with Gasteiger partial charge in [-0.2, -0.15) is 0 Å². The number of anilines is 6. The van der Waals surface area contributed by atoms with Crippen LogP contribution in [0.2, 0.25) is 0 Å². The zero-order valence-corrected chi connectivity index (χ0v) is 26.9. The summed E-state index contributed by atoms with van der Waals surface area (Å²) in [5.74, 6) is 0. The van der Waals surface area contributed by atoms with Crippen LogP contribution in [0.15, 0.2) is 152 Å². The molecule has 0 unspecified atom stereocenters. The molecular weight excluding hydrogens is 607 g/mol. The lowest BCUT2D eigenvalue weighted by molar-refractivity contribution is 1.26. The Morgan fingerprint density at radius 3 is 1.70 bits per heavy atom. The van der Waals surface area contributed by atoms with Gasteiger partial charge in [-0.1, -0.05) is 91.0 Å². The number of nitrogens with zero attached hydrogens (tertiary/aromatic N) is 2. The second kappa shape index (κ2) is 9.58. The van der Waals surface area contributed by atoms with Crippen molar-refractivity contribution in [2.75, 3.05) is 9.80 Å². The van der Waals surface area contributed by atoms with Gasteiger partial charge in [-0.25, -0.2) is 0 Å². The number of hydrogen-bond acceptors (Lipinski definition) is 4. The van der Waals surface area contributed by atoms with E-state index < -0.39 is 0 Å². The molecular formula is C42H25BN2S2. The Labute approximate surface area is 280 Å². The van der Waals surface area contributed by atoms with Crippen LogP contribution in [0.5, 0.6) is 0 Å². The van der Waals surface area contributed by atoms with Crippen molar-refractivity contribution in [2.24, 2.45) is 0 Å². The van der Waals surface area contributed by atoms with E-state index in [1.54, 1.807) is 0 Å². The Morgan fingerprint density at radius 2 is 0.915 bits per heavy atom. The normalized spacial score (nSPS) is 13.4. The highest BCUT2D eigenvalue weighted by Crippen LogP contribution is 2.48. The van der Waals surface area contributed by atoms with Crippen LogP contribution in [0, 0.1) is 0 Å². The molecule has 0 spiro atoms. The average Bonchev–Trinajstić information content (AvgIpc) is 3.70. The van der Waals surface area contributed by atoms with Gasteiger partial charge in [0.15, 0.2) is 0 Å². The zero-order chi connectivity index (χ0) is 30.6. The van der Waals surface area contributed by atoms with Crippen molar-refractivity contribution in [1.29, 1.82) is 0 Å². The number of fused-ring (bicyclic) bond motifs is 10. The molecule has 0 fully saturated rings. The van der Waals surface area contributed by atoms with Gasteiger partial charge in [-0.3, -0.25) is 0 Å². The van der Waals surface area contributed by atoms with E-state index in [0.29, 0.717) is 0 Å². The highest BCUT2D eigenvalue weighted by molar-refractivity contribution is 7.26. The van der Waals surface area contributed by atoms with Crippen molar-refractivity contribution in [3.05, 3.63) is 152 Å². The lowest BCUT2D eigenvalue weighted by atomic mass is 9.33. The Kier molecular flexibility index (Phi) is 5.26. The number of para-hydroxylation sites is 2. The molecule has 9 aromatic rings. The van der Waals surface area contributed by atoms with Gasteiger partial charge in [0.05, 0.1) is 10.4 Å². The van der Waals surface area contributed by atoms with Gasteiger partial charge in [0.1, 0.15) is 0 Å². The van der Waals surface area contributed by atoms with E-state index >= 15 is 0 Å². The van der Waals surface area contributed by atoms with E-state index in [1.807, 2.05) is 22.7 Å². The maximum absolute atomic E-state index is 2.53. The molecule has 0 N–H and O–H groups in total. The van der Waals surface area contributed by atoms with Crippen molar-refractivity contribution in [3.8, 4) is 0 Å². The SMILES string of the molecule is c1ccc2c(c1)B1c3ccccc3N(c3cccc4c3sc3ccccc34)c3cccc(c31)N2c1ccc2sc3ccccc3c2c1. The first kappa shape index (κ1) is 25.8. The molecule has 0 radical (unpaired) electrons. The van der Waals surface area contributed by atoms with Crippen LogP contribution < -0.4 is 26.2 Å². The van der Waals surface area contributed by atoms with E-state index in [2.05, 4.69) is 161 Å². The van der Waals surface area contributed by atoms with Gasteiger partial charge >= 0.3 is 0 Å². The van der Waals surface area contributed by atoms with Crippen LogP contribution in [-0.4, -0.2) is 6.71 Å². The van der Waals surface area contributed by atoms with E-state index in [4.69, 9.17) is 0 Å². The van der Waals surface area contributed by atoms with Gasteiger partial charge in [-0.15, -0.1) is 22.7 Å². The van der Waals surface area contributed by atoms with Crippen LogP contribution in [0.25, 0.3) is 40.3 Å². The molecule has 4 heterocycles. The fourth-order valence-electron chi connectivity index (χ4n) is 8.13. The summed E-state index contributed by atoms with van der Waals surface area (Å²) in [7, 11) is 0. The predicted molar refractivity (Wildman–Crippen MR) is 206 cm³/mol. The molecule has 2 aromatic heterocycles. The third-order valence-corrected chi connectivity index (χ3v) is 12.4. The fourth-order valence-corrected chi connectivity index (χ4v) is 10.4. The molecule has 0 saturated heterocycles. The summed E-state index contributed by atoms with van der Waals surface area (Å²) in [5, 5.41) is 5.28. The minimum Gasteiger partial charge on any atom is -0.311 e. The van der Waals surface area contributed by atoms with Crippen LogP contribution in [0.3, 0.4) is 0 Å². The summed E-state index contributed by atoms with van der Waals surface area (Å²) in [4.78, 5) is 5.03. The summed E-state index contributed by atoms with van der Waals surface area (Å²) in [5.41, 5.74) is 11.5. The molecule has 0 aliphatic carbocycles. The van der Waals surface area contributed by atoms with Crippen molar-refractivity contribution in [3.63, 3.8) is 0 Å². The largest absolute Gasteiger partial charge is 0.311 e. The molecule has 0 saturated carbocycles. The Bertz CT molecular complexity index is 2740. The zero-order valence-electron chi connectivity index (χ0n) is 25.2.